The predicted molar refractivity (Wildman–Crippen MR) is 77.0 cm³/mol. The molecule has 1 unspecified atom stereocenters. The van der Waals surface area contributed by atoms with Crippen LogP contribution in [0.3, 0.4) is 0 Å². The highest BCUT2D eigenvalue weighted by Crippen LogP contribution is 2.15. The number of ether oxygens (including phenoxy) is 1. The van der Waals surface area contributed by atoms with Crippen molar-refractivity contribution >= 4 is 5.91 Å². The molecule has 0 aromatic carbocycles. The van der Waals surface area contributed by atoms with Crippen LogP contribution >= 0.6 is 0 Å². The standard InChI is InChI=1S/C14H24N4O2/c1-5-11(2)17-6-8-18(9-7-17)14(19)12-10-13(20-4)16(3)15-12/h10-11H,5-9H2,1-4H3. The van der Waals surface area contributed by atoms with E-state index in [1.165, 1.54) is 0 Å². The van der Waals surface area contributed by atoms with Gasteiger partial charge in [0.05, 0.1) is 7.11 Å². The van der Waals surface area contributed by atoms with Gasteiger partial charge in [0, 0.05) is 45.3 Å². The molecule has 2 rings (SSSR count). The average Bonchev–Trinajstić information content (AvgIpc) is 2.87. The molecule has 0 saturated carbocycles. The maximum atomic E-state index is 12.4. The summed E-state index contributed by atoms with van der Waals surface area (Å²) in [6.45, 7) is 7.84. The number of rotatable bonds is 4. The van der Waals surface area contributed by atoms with Crippen molar-refractivity contribution in [3.8, 4) is 5.88 Å². The quantitative estimate of drug-likeness (QED) is 0.825. The predicted octanol–water partition coefficient (Wildman–Crippen LogP) is 0.985. The summed E-state index contributed by atoms with van der Waals surface area (Å²) in [5.41, 5.74) is 0.460. The van der Waals surface area contributed by atoms with Gasteiger partial charge < -0.3 is 9.64 Å². The monoisotopic (exact) mass is 280 g/mol. The van der Waals surface area contributed by atoms with Crippen LogP contribution in [0.25, 0.3) is 0 Å². The number of aryl methyl sites for hydroxylation is 1. The van der Waals surface area contributed by atoms with Gasteiger partial charge in [0.1, 0.15) is 0 Å². The van der Waals surface area contributed by atoms with E-state index < -0.39 is 0 Å². The molecule has 20 heavy (non-hydrogen) atoms. The molecule has 0 aliphatic carbocycles. The molecule has 112 valence electrons. The second-order valence-electron chi connectivity index (χ2n) is 5.28. The highest BCUT2D eigenvalue weighted by Gasteiger charge is 2.26. The first-order valence-corrected chi connectivity index (χ1v) is 7.18. The first kappa shape index (κ1) is 14.8. The number of amides is 1. The number of hydrogen-bond acceptors (Lipinski definition) is 4. The molecule has 1 aliphatic heterocycles. The van der Waals surface area contributed by atoms with Gasteiger partial charge in [-0.05, 0) is 13.3 Å². The van der Waals surface area contributed by atoms with Crippen molar-refractivity contribution in [2.45, 2.75) is 26.3 Å². The zero-order chi connectivity index (χ0) is 14.7. The third-order valence-electron chi connectivity index (χ3n) is 4.08. The summed E-state index contributed by atoms with van der Waals surface area (Å²) in [6.07, 6.45) is 1.14. The van der Waals surface area contributed by atoms with Crippen LogP contribution in [0.5, 0.6) is 5.88 Å². The zero-order valence-electron chi connectivity index (χ0n) is 12.8. The molecule has 0 spiro atoms. The van der Waals surface area contributed by atoms with E-state index in [-0.39, 0.29) is 5.91 Å². The van der Waals surface area contributed by atoms with E-state index in [0.717, 1.165) is 32.6 Å². The van der Waals surface area contributed by atoms with Gasteiger partial charge in [-0.15, -0.1) is 0 Å². The van der Waals surface area contributed by atoms with E-state index in [1.54, 1.807) is 24.9 Å². The summed E-state index contributed by atoms with van der Waals surface area (Å²) in [5, 5.41) is 4.21. The molecule has 1 fully saturated rings. The molecule has 6 heteroatoms. The van der Waals surface area contributed by atoms with Crippen molar-refractivity contribution in [2.75, 3.05) is 33.3 Å². The first-order chi connectivity index (χ1) is 9.56. The topological polar surface area (TPSA) is 50.6 Å². The molecule has 1 atom stereocenters. The molecule has 1 aromatic rings. The van der Waals surface area contributed by atoms with Crippen LogP contribution in [0.2, 0.25) is 0 Å². The van der Waals surface area contributed by atoms with Crippen LogP contribution in [0.4, 0.5) is 0 Å². The van der Waals surface area contributed by atoms with Crippen LogP contribution < -0.4 is 4.74 Å². The number of aromatic nitrogens is 2. The van der Waals surface area contributed by atoms with E-state index in [1.807, 2.05) is 4.90 Å². The smallest absolute Gasteiger partial charge is 0.274 e. The molecule has 0 bridgehead atoms. The van der Waals surface area contributed by atoms with Crippen molar-refractivity contribution in [3.63, 3.8) is 0 Å². The fourth-order valence-electron chi connectivity index (χ4n) is 2.53. The molecule has 1 saturated heterocycles. The van der Waals surface area contributed by atoms with Gasteiger partial charge in [-0.25, -0.2) is 4.68 Å². The van der Waals surface area contributed by atoms with Crippen LogP contribution in [-0.4, -0.2) is 64.8 Å². The summed E-state index contributed by atoms with van der Waals surface area (Å²) in [7, 11) is 3.35. The fourth-order valence-corrected chi connectivity index (χ4v) is 2.53. The summed E-state index contributed by atoms with van der Waals surface area (Å²) in [5.74, 6) is 0.597. The number of nitrogens with zero attached hydrogens (tertiary/aromatic N) is 4. The number of carbonyl (C=O) groups excluding carboxylic acids is 1. The minimum absolute atomic E-state index is 0.00676. The van der Waals surface area contributed by atoms with Gasteiger partial charge in [0.25, 0.3) is 5.91 Å². The minimum atomic E-state index is -0.00676. The molecule has 6 nitrogen and oxygen atoms in total. The molecule has 0 N–H and O–H groups in total. The number of piperazine rings is 1. The lowest BCUT2D eigenvalue weighted by Gasteiger charge is -2.37. The van der Waals surface area contributed by atoms with E-state index >= 15 is 0 Å². The maximum Gasteiger partial charge on any atom is 0.274 e. The lowest BCUT2D eigenvalue weighted by Crippen LogP contribution is -2.51. The number of hydrogen-bond donors (Lipinski definition) is 0. The van der Waals surface area contributed by atoms with Gasteiger partial charge in [-0.3, -0.25) is 9.69 Å². The average molecular weight is 280 g/mol. The van der Waals surface area contributed by atoms with Gasteiger partial charge >= 0.3 is 0 Å². The lowest BCUT2D eigenvalue weighted by atomic mass is 10.2. The van der Waals surface area contributed by atoms with Crippen molar-refractivity contribution < 1.29 is 9.53 Å². The van der Waals surface area contributed by atoms with Gasteiger partial charge in [-0.2, -0.15) is 5.10 Å². The minimum Gasteiger partial charge on any atom is -0.481 e. The Bertz CT molecular complexity index is 464. The van der Waals surface area contributed by atoms with Gasteiger partial charge in [-0.1, -0.05) is 6.92 Å². The van der Waals surface area contributed by atoms with Gasteiger partial charge in [0.15, 0.2) is 5.69 Å². The van der Waals surface area contributed by atoms with E-state index in [0.29, 0.717) is 17.6 Å². The second kappa shape index (κ2) is 6.26. The Balaban J connectivity index is 1.97. The van der Waals surface area contributed by atoms with Crippen LogP contribution in [0, 0.1) is 0 Å². The summed E-state index contributed by atoms with van der Waals surface area (Å²) in [4.78, 5) is 16.7. The zero-order valence-corrected chi connectivity index (χ0v) is 12.8. The van der Waals surface area contributed by atoms with Crippen LogP contribution in [0.15, 0.2) is 6.07 Å². The largest absolute Gasteiger partial charge is 0.481 e. The number of carbonyl (C=O) groups is 1. The molecule has 2 heterocycles. The Hall–Kier alpha value is -1.56. The van der Waals surface area contributed by atoms with Crippen molar-refractivity contribution in [2.24, 2.45) is 7.05 Å². The number of methoxy groups -OCH3 is 1. The fraction of sp³-hybridized carbons (Fsp3) is 0.714. The molecule has 1 amide bonds. The Morgan fingerprint density at radius 3 is 2.55 bits per heavy atom. The Morgan fingerprint density at radius 2 is 2.05 bits per heavy atom. The van der Waals surface area contributed by atoms with E-state index in [4.69, 9.17) is 4.74 Å². The molecular weight excluding hydrogens is 256 g/mol. The highest BCUT2D eigenvalue weighted by atomic mass is 16.5. The third-order valence-corrected chi connectivity index (χ3v) is 4.08. The summed E-state index contributed by atoms with van der Waals surface area (Å²) >= 11 is 0. The first-order valence-electron chi connectivity index (χ1n) is 7.18. The molecule has 0 radical (unpaired) electrons. The summed E-state index contributed by atoms with van der Waals surface area (Å²) in [6, 6.07) is 2.28. The van der Waals surface area contributed by atoms with E-state index in [2.05, 4.69) is 23.8 Å². The SMILES string of the molecule is CCC(C)N1CCN(C(=O)c2cc(OC)n(C)n2)CC1. The third kappa shape index (κ3) is 2.95. The van der Waals surface area contributed by atoms with Crippen molar-refractivity contribution in [1.29, 1.82) is 0 Å². The molecule has 1 aliphatic rings. The normalized spacial score (nSPS) is 18.1. The van der Waals surface area contributed by atoms with Gasteiger partial charge in [0.2, 0.25) is 5.88 Å². The van der Waals surface area contributed by atoms with Crippen LogP contribution in [0.1, 0.15) is 30.8 Å². The second-order valence-corrected chi connectivity index (χ2v) is 5.28. The van der Waals surface area contributed by atoms with Crippen molar-refractivity contribution in [3.05, 3.63) is 11.8 Å². The molecule has 1 aromatic heterocycles. The Kier molecular flexibility index (Phi) is 4.65. The summed E-state index contributed by atoms with van der Waals surface area (Å²) < 4.78 is 6.73. The highest BCUT2D eigenvalue weighted by molar-refractivity contribution is 5.92. The van der Waals surface area contributed by atoms with Crippen LogP contribution in [-0.2, 0) is 7.05 Å². The Labute approximate surface area is 120 Å². The van der Waals surface area contributed by atoms with E-state index in [9.17, 15) is 4.79 Å². The lowest BCUT2D eigenvalue weighted by molar-refractivity contribution is 0.0573. The molecular formula is C14H24N4O2. The van der Waals surface area contributed by atoms with Crippen molar-refractivity contribution in [1.82, 2.24) is 19.6 Å². The Morgan fingerprint density at radius 1 is 1.40 bits per heavy atom. The maximum absolute atomic E-state index is 12.4.